The lowest BCUT2D eigenvalue weighted by Crippen LogP contribution is -2.22. The van der Waals surface area contributed by atoms with Gasteiger partial charge < -0.3 is 9.47 Å². The molecule has 0 radical (unpaired) electrons. The Labute approximate surface area is 81.4 Å². The van der Waals surface area contributed by atoms with Crippen molar-refractivity contribution in [3.05, 3.63) is 30.3 Å². The first-order chi connectivity index (χ1) is 6.74. The predicted molar refractivity (Wildman–Crippen MR) is 48.7 cm³/mol. The summed E-state index contributed by atoms with van der Waals surface area (Å²) in [6, 6.07) is 8.34. The molecule has 74 valence electrons. The zero-order chi connectivity index (χ0) is 10.4. The van der Waals surface area contributed by atoms with Crippen molar-refractivity contribution in [2.45, 2.75) is 6.92 Å². The van der Waals surface area contributed by atoms with Gasteiger partial charge >= 0.3 is 11.9 Å². The van der Waals surface area contributed by atoms with Crippen LogP contribution in [0.3, 0.4) is 0 Å². The lowest BCUT2D eigenvalue weighted by atomic mass is 10.3. The smallest absolute Gasteiger partial charge is 0.422 e. The molecule has 0 aliphatic carbocycles. The van der Waals surface area contributed by atoms with Crippen molar-refractivity contribution in [1.29, 1.82) is 0 Å². The van der Waals surface area contributed by atoms with Crippen molar-refractivity contribution in [3.8, 4) is 5.75 Å². The summed E-state index contributed by atoms with van der Waals surface area (Å²) in [5.74, 6) is -1.65. The standard InChI is InChI=1S/C10H10O4/c1-2-13-9(11)10(12)14-8-6-4-3-5-7-8/h3-7H,2H2,1H3. The van der Waals surface area contributed by atoms with Gasteiger partial charge in [0.05, 0.1) is 6.61 Å². The number of carbonyl (C=O) groups is 2. The highest BCUT2D eigenvalue weighted by Gasteiger charge is 2.16. The van der Waals surface area contributed by atoms with Crippen molar-refractivity contribution >= 4 is 11.9 Å². The molecule has 0 saturated carbocycles. The molecule has 1 rings (SSSR count). The fourth-order valence-electron chi connectivity index (χ4n) is 0.827. The number of para-hydroxylation sites is 1. The maximum absolute atomic E-state index is 11.0. The molecule has 4 nitrogen and oxygen atoms in total. The summed E-state index contributed by atoms with van der Waals surface area (Å²) >= 11 is 0. The van der Waals surface area contributed by atoms with E-state index in [2.05, 4.69) is 4.74 Å². The molecule has 14 heavy (non-hydrogen) atoms. The zero-order valence-corrected chi connectivity index (χ0v) is 7.73. The van der Waals surface area contributed by atoms with Crippen molar-refractivity contribution < 1.29 is 19.1 Å². The molecule has 0 aliphatic heterocycles. The van der Waals surface area contributed by atoms with E-state index < -0.39 is 11.9 Å². The number of hydrogen-bond donors (Lipinski definition) is 0. The van der Waals surface area contributed by atoms with E-state index >= 15 is 0 Å². The van der Waals surface area contributed by atoms with E-state index in [-0.39, 0.29) is 6.61 Å². The van der Waals surface area contributed by atoms with Crippen LogP contribution in [0, 0.1) is 0 Å². The van der Waals surface area contributed by atoms with Crippen LogP contribution in [0.15, 0.2) is 30.3 Å². The van der Waals surface area contributed by atoms with Crippen LogP contribution >= 0.6 is 0 Å². The molecule has 0 amide bonds. The molecule has 0 saturated heterocycles. The Hall–Kier alpha value is -1.84. The number of carbonyl (C=O) groups excluding carboxylic acids is 2. The number of ether oxygens (including phenoxy) is 2. The Bertz CT molecular complexity index is 318. The van der Waals surface area contributed by atoms with Gasteiger partial charge in [-0.2, -0.15) is 0 Å². The number of benzene rings is 1. The number of esters is 2. The molecule has 4 heteroatoms. The maximum Gasteiger partial charge on any atom is 0.422 e. The van der Waals surface area contributed by atoms with Crippen LogP contribution in [-0.2, 0) is 14.3 Å². The van der Waals surface area contributed by atoms with Crippen LogP contribution in [0.25, 0.3) is 0 Å². The van der Waals surface area contributed by atoms with Gasteiger partial charge in [-0.1, -0.05) is 18.2 Å². The molecule has 1 aromatic rings. The van der Waals surface area contributed by atoms with E-state index in [9.17, 15) is 9.59 Å². The predicted octanol–water partition coefficient (Wildman–Crippen LogP) is 1.16. The summed E-state index contributed by atoms with van der Waals surface area (Å²) in [5, 5.41) is 0. The Morgan fingerprint density at radius 1 is 1.14 bits per heavy atom. The molecule has 0 atom stereocenters. The van der Waals surface area contributed by atoms with Crippen LogP contribution < -0.4 is 4.74 Å². The third-order valence-electron chi connectivity index (χ3n) is 1.40. The first-order valence-electron chi connectivity index (χ1n) is 4.18. The lowest BCUT2D eigenvalue weighted by molar-refractivity contribution is -0.161. The Morgan fingerprint density at radius 3 is 2.36 bits per heavy atom. The summed E-state index contributed by atoms with van der Waals surface area (Å²) in [7, 11) is 0. The van der Waals surface area contributed by atoms with Gasteiger partial charge in [0.15, 0.2) is 0 Å². The molecule has 0 unspecified atom stereocenters. The van der Waals surface area contributed by atoms with E-state index in [1.54, 1.807) is 37.3 Å². The summed E-state index contributed by atoms with van der Waals surface area (Å²) in [6.45, 7) is 1.77. The SMILES string of the molecule is CCOC(=O)C(=O)Oc1ccccc1. The highest BCUT2D eigenvalue weighted by atomic mass is 16.6. The number of rotatable bonds is 2. The average molecular weight is 194 g/mol. The Morgan fingerprint density at radius 2 is 1.79 bits per heavy atom. The molecule has 0 aliphatic rings. The van der Waals surface area contributed by atoms with Gasteiger partial charge in [0, 0.05) is 0 Å². The fourth-order valence-corrected chi connectivity index (χ4v) is 0.827. The third kappa shape index (κ3) is 2.90. The van der Waals surface area contributed by atoms with Crippen LogP contribution in [0.1, 0.15) is 6.92 Å². The van der Waals surface area contributed by atoms with E-state index in [1.807, 2.05) is 0 Å². The van der Waals surface area contributed by atoms with Gasteiger partial charge in [-0.15, -0.1) is 0 Å². The van der Waals surface area contributed by atoms with Gasteiger partial charge in [-0.25, -0.2) is 9.59 Å². The van der Waals surface area contributed by atoms with Gasteiger partial charge in [-0.3, -0.25) is 0 Å². The minimum absolute atomic E-state index is 0.155. The first kappa shape index (κ1) is 10.2. The number of hydrogen-bond acceptors (Lipinski definition) is 4. The Balaban J connectivity index is 2.53. The van der Waals surface area contributed by atoms with Crippen LogP contribution in [-0.4, -0.2) is 18.5 Å². The molecule has 0 heterocycles. The summed E-state index contributed by atoms with van der Waals surface area (Å²) < 4.78 is 9.18. The second-order valence-electron chi connectivity index (χ2n) is 2.42. The first-order valence-corrected chi connectivity index (χ1v) is 4.18. The molecule has 0 fully saturated rings. The summed E-state index contributed by atoms with van der Waals surface area (Å²) in [4.78, 5) is 21.9. The normalized spacial score (nSPS) is 9.21. The molecule has 0 bridgehead atoms. The lowest BCUT2D eigenvalue weighted by Gasteiger charge is -2.02. The Kier molecular flexibility index (Phi) is 3.67. The molecular formula is C10H10O4. The van der Waals surface area contributed by atoms with Crippen molar-refractivity contribution in [1.82, 2.24) is 0 Å². The quantitative estimate of drug-likeness (QED) is 0.402. The summed E-state index contributed by atoms with van der Waals surface area (Å²) in [6.07, 6.45) is 0. The topological polar surface area (TPSA) is 52.6 Å². The average Bonchev–Trinajstić information content (AvgIpc) is 2.19. The molecule has 1 aromatic carbocycles. The molecule has 0 N–H and O–H groups in total. The van der Waals surface area contributed by atoms with Gasteiger partial charge in [-0.05, 0) is 19.1 Å². The van der Waals surface area contributed by atoms with E-state index in [0.717, 1.165) is 0 Å². The van der Waals surface area contributed by atoms with Gasteiger partial charge in [0.25, 0.3) is 0 Å². The largest absolute Gasteiger partial charge is 0.458 e. The maximum atomic E-state index is 11.0. The van der Waals surface area contributed by atoms with Crippen LogP contribution in [0.2, 0.25) is 0 Å². The van der Waals surface area contributed by atoms with Crippen molar-refractivity contribution in [2.75, 3.05) is 6.61 Å². The fraction of sp³-hybridized carbons (Fsp3) is 0.200. The second-order valence-corrected chi connectivity index (χ2v) is 2.42. The van der Waals surface area contributed by atoms with Crippen LogP contribution in [0.4, 0.5) is 0 Å². The van der Waals surface area contributed by atoms with Gasteiger partial charge in [0.2, 0.25) is 0 Å². The third-order valence-corrected chi connectivity index (χ3v) is 1.40. The van der Waals surface area contributed by atoms with Crippen molar-refractivity contribution in [3.63, 3.8) is 0 Å². The van der Waals surface area contributed by atoms with Crippen LogP contribution in [0.5, 0.6) is 5.75 Å². The van der Waals surface area contributed by atoms with E-state index in [1.165, 1.54) is 0 Å². The second kappa shape index (κ2) is 5.01. The summed E-state index contributed by atoms with van der Waals surface area (Å²) in [5.41, 5.74) is 0. The highest BCUT2D eigenvalue weighted by molar-refractivity contribution is 6.30. The molecular weight excluding hydrogens is 184 g/mol. The van der Waals surface area contributed by atoms with E-state index in [4.69, 9.17) is 4.74 Å². The minimum atomic E-state index is -1.00. The minimum Gasteiger partial charge on any atom is -0.458 e. The zero-order valence-electron chi connectivity index (χ0n) is 7.73. The van der Waals surface area contributed by atoms with Crippen molar-refractivity contribution in [2.24, 2.45) is 0 Å². The molecule has 0 spiro atoms. The monoisotopic (exact) mass is 194 g/mol. The highest BCUT2D eigenvalue weighted by Crippen LogP contribution is 2.08. The molecule has 0 aromatic heterocycles. The van der Waals surface area contributed by atoms with Gasteiger partial charge in [0.1, 0.15) is 5.75 Å². The van der Waals surface area contributed by atoms with E-state index in [0.29, 0.717) is 5.75 Å².